The maximum atomic E-state index is 12.5. The quantitative estimate of drug-likeness (QED) is 0.904. The van der Waals surface area contributed by atoms with E-state index in [1.165, 1.54) is 18.5 Å². The molecule has 1 aromatic heterocycles. The smallest absolute Gasteiger partial charge is 0.284 e. The Hall–Kier alpha value is -2.22. The zero-order valence-electron chi connectivity index (χ0n) is 12.8. The van der Waals surface area contributed by atoms with Crippen LogP contribution in [0.4, 0.5) is 5.69 Å². The maximum absolute atomic E-state index is 12.5. The molecule has 122 valence electrons. The molecule has 0 aliphatic heterocycles. The van der Waals surface area contributed by atoms with Crippen LogP contribution in [0.1, 0.15) is 44.3 Å². The summed E-state index contributed by atoms with van der Waals surface area (Å²) in [6.45, 7) is 1.75. The summed E-state index contributed by atoms with van der Waals surface area (Å²) in [4.78, 5) is 15.6. The van der Waals surface area contributed by atoms with Crippen LogP contribution < -0.4 is 5.32 Å². The Kier molecular flexibility index (Phi) is 4.16. The van der Waals surface area contributed by atoms with Crippen LogP contribution in [0.25, 0.3) is 0 Å². The molecule has 0 unspecified atom stereocenters. The van der Waals surface area contributed by atoms with Crippen LogP contribution >= 0.6 is 0 Å². The first-order valence-corrected chi connectivity index (χ1v) is 9.02. The molecule has 0 atom stereocenters. The number of nitrogens with zero attached hydrogens (tertiary/aromatic N) is 3. The number of carbonyl (C=O) groups excluding carboxylic acids is 1. The van der Waals surface area contributed by atoms with E-state index in [2.05, 4.69) is 15.4 Å². The van der Waals surface area contributed by atoms with Gasteiger partial charge < -0.3 is 5.32 Å². The van der Waals surface area contributed by atoms with Crippen molar-refractivity contribution in [2.24, 2.45) is 0 Å². The zero-order valence-corrected chi connectivity index (χ0v) is 13.6. The molecule has 0 spiro atoms. The van der Waals surface area contributed by atoms with E-state index in [9.17, 15) is 13.2 Å². The standard InChI is InChI=1S/C15H18N4O3S/c1-2-14(20)17-12-6-8-13(9-7-12)23(21,22)19-10-16-15(18-19)11-4-3-5-11/h6-11H,2-5H2,1H3,(H,17,20). The lowest BCUT2D eigenvalue weighted by molar-refractivity contribution is -0.115. The molecule has 1 saturated carbocycles. The highest BCUT2D eigenvalue weighted by atomic mass is 32.2. The molecule has 1 aromatic carbocycles. The van der Waals surface area contributed by atoms with Gasteiger partial charge in [0.2, 0.25) is 5.91 Å². The molecular weight excluding hydrogens is 316 g/mol. The van der Waals surface area contributed by atoms with Gasteiger partial charge in [-0.1, -0.05) is 13.3 Å². The van der Waals surface area contributed by atoms with Gasteiger partial charge in [0.15, 0.2) is 5.82 Å². The van der Waals surface area contributed by atoms with Gasteiger partial charge in [-0.3, -0.25) is 4.79 Å². The highest BCUT2D eigenvalue weighted by molar-refractivity contribution is 7.89. The number of anilines is 1. The summed E-state index contributed by atoms with van der Waals surface area (Å²) in [7, 11) is -3.76. The van der Waals surface area contributed by atoms with Crippen molar-refractivity contribution in [3.05, 3.63) is 36.4 Å². The Morgan fingerprint density at radius 3 is 2.57 bits per heavy atom. The summed E-state index contributed by atoms with van der Waals surface area (Å²) < 4.78 is 26.0. The van der Waals surface area contributed by atoms with E-state index in [4.69, 9.17) is 0 Å². The van der Waals surface area contributed by atoms with Gasteiger partial charge in [0, 0.05) is 18.0 Å². The molecule has 0 bridgehead atoms. The van der Waals surface area contributed by atoms with Crippen molar-refractivity contribution >= 4 is 21.6 Å². The number of amides is 1. The molecule has 1 amide bonds. The van der Waals surface area contributed by atoms with Gasteiger partial charge in [-0.05, 0) is 37.1 Å². The molecule has 1 N–H and O–H groups in total. The zero-order chi connectivity index (χ0) is 16.4. The summed E-state index contributed by atoms with van der Waals surface area (Å²) in [6.07, 6.45) is 4.77. The van der Waals surface area contributed by atoms with E-state index < -0.39 is 10.0 Å². The first-order chi connectivity index (χ1) is 11.0. The Morgan fingerprint density at radius 1 is 1.30 bits per heavy atom. The number of hydrogen-bond donors (Lipinski definition) is 1. The predicted octanol–water partition coefficient (Wildman–Crippen LogP) is 2.13. The van der Waals surface area contributed by atoms with Crippen LogP contribution in [0.3, 0.4) is 0 Å². The van der Waals surface area contributed by atoms with Crippen molar-refractivity contribution in [2.45, 2.75) is 43.4 Å². The minimum Gasteiger partial charge on any atom is -0.326 e. The molecule has 0 saturated heterocycles. The molecule has 0 radical (unpaired) electrons. The van der Waals surface area contributed by atoms with Gasteiger partial charge in [-0.25, -0.2) is 4.98 Å². The fourth-order valence-corrected chi connectivity index (χ4v) is 3.36. The molecule has 1 heterocycles. The van der Waals surface area contributed by atoms with Crippen molar-refractivity contribution in [1.29, 1.82) is 0 Å². The Bertz CT molecular complexity index is 808. The minimum absolute atomic E-state index is 0.108. The summed E-state index contributed by atoms with van der Waals surface area (Å²) in [5.41, 5.74) is 0.560. The lowest BCUT2D eigenvalue weighted by Crippen LogP contribution is -2.16. The fourth-order valence-electron chi connectivity index (χ4n) is 2.30. The van der Waals surface area contributed by atoms with E-state index in [0.29, 0.717) is 17.9 Å². The van der Waals surface area contributed by atoms with Crippen molar-refractivity contribution < 1.29 is 13.2 Å². The number of carbonyl (C=O) groups is 1. The minimum atomic E-state index is -3.76. The average Bonchev–Trinajstić information content (AvgIpc) is 2.96. The second-order valence-corrected chi connectivity index (χ2v) is 7.33. The first kappa shape index (κ1) is 15.7. The second kappa shape index (κ2) is 6.11. The van der Waals surface area contributed by atoms with Gasteiger partial charge >= 0.3 is 0 Å². The average molecular weight is 334 g/mol. The predicted molar refractivity (Wildman–Crippen MR) is 84.6 cm³/mol. The third kappa shape index (κ3) is 3.12. The lowest BCUT2D eigenvalue weighted by atomic mass is 9.85. The molecular formula is C15H18N4O3S. The van der Waals surface area contributed by atoms with Crippen LogP contribution in [0, 0.1) is 0 Å². The van der Waals surface area contributed by atoms with Crippen LogP contribution in [-0.2, 0) is 14.8 Å². The first-order valence-electron chi connectivity index (χ1n) is 7.57. The number of aromatic nitrogens is 3. The van der Waals surface area contributed by atoms with Crippen molar-refractivity contribution in [3.8, 4) is 0 Å². The van der Waals surface area contributed by atoms with Gasteiger partial charge in [0.05, 0.1) is 4.90 Å². The van der Waals surface area contributed by atoms with Gasteiger partial charge in [-0.15, -0.1) is 9.19 Å². The highest BCUT2D eigenvalue weighted by Gasteiger charge is 2.26. The SMILES string of the molecule is CCC(=O)Nc1ccc(S(=O)(=O)n2cnc(C3CCC3)n2)cc1. The molecule has 1 aliphatic rings. The van der Waals surface area contributed by atoms with Gasteiger partial charge in [0.1, 0.15) is 6.33 Å². The Labute approximate surface area is 134 Å². The normalized spacial score (nSPS) is 15.2. The molecule has 8 heteroatoms. The van der Waals surface area contributed by atoms with Crippen LogP contribution in [0.15, 0.2) is 35.5 Å². The second-order valence-electron chi connectivity index (χ2n) is 5.53. The maximum Gasteiger partial charge on any atom is 0.284 e. The van der Waals surface area contributed by atoms with E-state index >= 15 is 0 Å². The van der Waals surface area contributed by atoms with Crippen molar-refractivity contribution in [3.63, 3.8) is 0 Å². The lowest BCUT2D eigenvalue weighted by Gasteiger charge is -2.21. The van der Waals surface area contributed by atoms with Crippen LogP contribution in [-0.4, -0.2) is 28.5 Å². The largest absolute Gasteiger partial charge is 0.326 e. The number of nitrogens with one attached hydrogen (secondary N) is 1. The van der Waals surface area contributed by atoms with E-state index in [0.717, 1.165) is 23.3 Å². The molecule has 3 rings (SSSR count). The summed E-state index contributed by atoms with van der Waals surface area (Å²) in [6, 6.07) is 6.02. The van der Waals surface area contributed by atoms with Gasteiger partial charge in [-0.2, -0.15) is 8.42 Å². The molecule has 2 aromatic rings. The van der Waals surface area contributed by atoms with E-state index in [1.807, 2.05) is 0 Å². The van der Waals surface area contributed by atoms with Crippen molar-refractivity contribution in [1.82, 2.24) is 14.2 Å². The number of rotatable bonds is 5. The number of benzene rings is 1. The summed E-state index contributed by atoms with van der Waals surface area (Å²) in [5, 5.41) is 6.79. The molecule has 7 nitrogen and oxygen atoms in total. The van der Waals surface area contributed by atoms with Crippen molar-refractivity contribution in [2.75, 3.05) is 5.32 Å². The third-order valence-corrected chi connectivity index (χ3v) is 5.50. The molecule has 1 fully saturated rings. The topological polar surface area (TPSA) is 94.0 Å². The third-order valence-electron chi connectivity index (χ3n) is 3.96. The van der Waals surface area contributed by atoms with Gasteiger partial charge in [0.25, 0.3) is 10.0 Å². The molecule has 1 aliphatic carbocycles. The number of hydrogen-bond acceptors (Lipinski definition) is 5. The fraction of sp³-hybridized carbons (Fsp3) is 0.400. The summed E-state index contributed by atoms with van der Waals surface area (Å²) in [5.74, 6) is 0.742. The Morgan fingerprint density at radius 2 is 2.00 bits per heavy atom. The summed E-state index contributed by atoms with van der Waals surface area (Å²) >= 11 is 0. The van der Waals surface area contributed by atoms with Crippen LogP contribution in [0.5, 0.6) is 0 Å². The highest BCUT2D eigenvalue weighted by Crippen LogP contribution is 2.34. The van der Waals surface area contributed by atoms with Crippen LogP contribution in [0.2, 0.25) is 0 Å². The monoisotopic (exact) mass is 334 g/mol. The Balaban J connectivity index is 1.81. The van der Waals surface area contributed by atoms with E-state index in [-0.39, 0.29) is 16.7 Å². The molecule has 23 heavy (non-hydrogen) atoms. The van der Waals surface area contributed by atoms with E-state index in [1.54, 1.807) is 19.1 Å².